The van der Waals surface area contributed by atoms with Crippen LogP contribution in [0.4, 0.5) is 5.69 Å². The molecule has 0 aliphatic carbocycles. The molecule has 4 nitrogen and oxygen atoms in total. The van der Waals surface area contributed by atoms with Gasteiger partial charge in [-0.05, 0) is 50.1 Å². The van der Waals surface area contributed by atoms with Crippen LogP contribution >= 0.6 is 0 Å². The number of nitrogens with zero attached hydrogens (tertiary/aromatic N) is 1. The highest BCUT2D eigenvalue weighted by Gasteiger charge is 2.00. The van der Waals surface area contributed by atoms with Crippen LogP contribution in [-0.4, -0.2) is 26.0 Å². The molecule has 1 aromatic heterocycles. The average Bonchev–Trinajstić information content (AvgIpc) is 2.98. The summed E-state index contributed by atoms with van der Waals surface area (Å²) in [6, 6.07) is 14.0. The molecule has 1 amide bonds. The summed E-state index contributed by atoms with van der Waals surface area (Å²) >= 11 is 0. The molecule has 0 radical (unpaired) electrons. The predicted molar refractivity (Wildman–Crippen MR) is 94.4 cm³/mol. The second kappa shape index (κ2) is 8.83. The highest BCUT2D eigenvalue weighted by Crippen LogP contribution is 2.11. The van der Waals surface area contributed by atoms with Crippen molar-refractivity contribution >= 4 is 17.7 Å². The Morgan fingerprint density at radius 1 is 1.17 bits per heavy atom. The van der Waals surface area contributed by atoms with Gasteiger partial charge in [-0.15, -0.1) is 0 Å². The number of unbranched alkanes of at least 4 members (excludes halogenated alkanes) is 1. The molecule has 1 aromatic carbocycles. The minimum absolute atomic E-state index is 0.0875. The molecule has 2 aromatic rings. The molecule has 2 rings (SSSR count). The first-order valence-electron chi connectivity index (χ1n) is 7.94. The molecule has 0 fully saturated rings. The summed E-state index contributed by atoms with van der Waals surface area (Å²) in [5.41, 5.74) is 1.22. The van der Waals surface area contributed by atoms with E-state index in [0.29, 0.717) is 12.3 Å². The van der Waals surface area contributed by atoms with Crippen LogP contribution in [0.15, 0.2) is 53.0 Å². The summed E-state index contributed by atoms with van der Waals surface area (Å²) in [7, 11) is 2.09. The number of aryl methyl sites for hydroxylation is 1. The Morgan fingerprint density at radius 3 is 2.65 bits per heavy atom. The third-order valence-electron chi connectivity index (χ3n) is 3.58. The number of carbonyl (C=O) groups excluding carboxylic acids is 1. The summed E-state index contributed by atoms with van der Waals surface area (Å²) < 4.78 is 5.37. The Bertz CT molecular complexity index is 632. The number of carbonyl (C=O) groups is 1. The molecule has 0 unspecified atom stereocenters. The van der Waals surface area contributed by atoms with Crippen molar-refractivity contribution in [2.45, 2.75) is 19.8 Å². The number of para-hydroxylation sites is 1. The van der Waals surface area contributed by atoms with Crippen molar-refractivity contribution in [1.82, 2.24) is 5.32 Å². The summed E-state index contributed by atoms with van der Waals surface area (Å²) in [5.74, 6) is 1.45. The summed E-state index contributed by atoms with van der Waals surface area (Å²) in [4.78, 5) is 13.9. The molecule has 4 heteroatoms. The minimum Gasteiger partial charge on any atom is -0.462 e. The molecular weight excluding hydrogens is 288 g/mol. The first-order chi connectivity index (χ1) is 11.1. The molecular formula is C19H24N2O2. The van der Waals surface area contributed by atoms with Gasteiger partial charge in [-0.3, -0.25) is 4.79 Å². The van der Waals surface area contributed by atoms with Crippen LogP contribution in [0.3, 0.4) is 0 Å². The molecule has 0 atom stereocenters. The van der Waals surface area contributed by atoms with E-state index < -0.39 is 0 Å². The van der Waals surface area contributed by atoms with Gasteiger partial charge in [-0.1, -0.05) is 18.2 Å². The maximum atomic E-state index is 11.7. The minimum atomic E-state index is -0.0875. The first kappa shape index (κ1) is 16.9. The van der Waals surface area contributed by atoms with Crippen LogP contribution in [0, 0.1) is 6.92 Å². The Hall–Kier alpha value is -2.49. The quantitative estimate of drug-likeness (QED) is 0.598. The van der Waals surface area contributed by atoms with Gasteiger partial charge in [0.1, 0.15) is 11.5 Å². The third-order valence-corrected chi connectivity index (χ3v) is 3.58. The standard InChI is InChI=1S/C19H24N2O2/c1-16-10-11-18(23-16)12-13-19(22)20-14-6-7-15-21(2)17-8-4-3-5-9-17/h3-5,8-13H,6-7,14-15H2,1-2H3,(H,20,22)/b13-12+. The number of furan rings is 1. The van der Waals surface area contributed by atoms with Crippen LogP contribution in [-0.2, 0) is 4.79 Å². The fourth-order valence-corrected chi connectivity index (χ4v) is 2.26. The number of hydrogen-bond donors (Lipinski definition) is 1. The summed E-state index contributed by atoms with van der Waals surface area (Å²) in [6.07, 6.45) is 5.18. The fourth-order valence-electron chi connectivity index (χ4n) is 2.26. The topological polar surface area (TPSA) is 45.5 Å². The number of amides is 1. The van der Waals surface area contributed by atoms with E-state index in [-0.39, 0.29) is 5.91 Å². The summed E-state index contributed by atoms with van der Waals surface area (Å²) in [5, 5.41) is 2.89. The highest BCUT2D eigenvalue weighted by atomic mass is 16.3. The van der Waals surface area contributed by atoms with Crippen LogP contribution in [0.5, 0.6) is 0 Å². The van der Waals surface area contributed by atoms with Gasteiger partial charge >= 0.3 is 0 Å². The molecule has 0 bridgehead atoms. The van der Waals surface area contributed by atoms with Crippen molar-refractivity contribution in [3.05, 3.63) is 60.1 Å². The molecule has 1 heterocycles. The number of rotatable bonds is 8. The summed E-state index contributed by atoms with van der Waals surface area (Å²) in [6.45, 7) is 3.54. The van der Waals surface area contributed by atoms with Crippen molar-refractivity contribution < 1.29 is 9.21 Å². The zero-order valence-corrected chi connectivity index (χ0v) is 13.8. The van der Waals surface area contributed by atoms with Crippen molar-refractivity contribution in [1.29, 1.82) is 0 Å². The van der Waals surface area contributed by atoms with Gasteiger partial charge in [0.25, 0.3) is 0 Å². The zero-order valence-electron chi connectivity index (χ0n) is 13.8. The fraction of sp³-hybridized carbons (Fsp3) is 0.316. The van der Waals surface area contributed by atoms with Crippen molar-refractivity contribution in [2.75, 3.05) is 25.0 Å². The van der Waals surface area contributed by atoms with Crippen LogP contribution in [0.1, 0.15) is 24.4 Å². The second-order valence-corrected chi connectivity index (χ2v) is 5.54. The SMILES string of the molecule is Cc1ccc(/C=C/C(=O)NCCCCN(C)c2ccccc2)o1. The Kier molecular flexibility index (Phi) is 6.48. The average molecular weight is 312 g/mol. The molecule has 1 N–H and O–H groups in total. The molecule has 0 spiro atoms. The van der Waals surface area contributed by atoms with E-state index in [2.05, 4.69) is 29.4 Å². The largest absolute Gasteiger partial charge is 0.462 e. The predicted octanol–water partition coefficient (Wildman–Crippen LogP) is 3.63. The van der Waals surface area contributed by atoms with E-state index in [1.54, 1.807) is 6.08 Å². The van der Waals surface area contributed by atoms with Crippen molar-refractivity contribution in [2.24, 2.45) is 0 Å². The van der Waals surface area contributed by atoms with Crippen molar-refractivity contribution in [3.63, 3.8) is 0 Å². The van der Waals surface area contributed by atoms with Crippen molar-refractivity contribution in [3.8, 4) is 0 Å². The monoisotopic (exact) mass is 312 g/mol. The van der Waals surface area contributed by atoms with Crippen LogP contribution in [0.2, 0.25) is 0 Å². The van der Waals surface area contributed by atoms with E-state index in [1.165, 1.54) is 11.8 Å². The zero-order chi connectivity index (χ0) is 16.5. The molecule has 0 aliphatic rings. The third kappa shape index (κ3) is 6.02. The van der Waals surface area contributed by atoms with Gasteiger partial charge in [0, 0.05) is 31.9 Å². The van der Waals surface area contributed by atoms with Crippen LogP contribution in [0.25, 0.3) is 6.08 Å². The first-order valence-corrected chi connectivity index (χ1v) is 7.94. The molecule has 23 heavy (non-hydrogen) atoms. The number of nitrogens with one attached hydrogen (secondary N) is 1. The Labute approximate surface area is 137 Å². The molecule has 0 saturated heterocycles. The van der Waals surface area contributed by atoms with E-state index in [1.807, 2.05) is 37.3 Å². The van der Waals surface area contributed by atoms with E-state index >= 15 is 0 Å². The molecule has 0 aliphatic heterocycles. The van der Waals surface area contributed by atoms with Gasteiger partial charge in [-0.2, -0.15) is 0 Å². The van der Waals surface area contributed by atoms with E-state index in [9.17, 15) is 4.79 Å². The maximum absolute atomic E-state index is 11.7. The molecule has 0 saturated carbocycles. The molecule has 122 valence electrons. The normalized spacial score (nSPS) is 10.9. The van der Waals surface area contributed by atoms with Gasteiger partial charge in [-0.25, -0.2) is 0 Å². The highest BCUT2D eigenvalue weighted by molar-refractivity contribution is 5.91. The Morgan fingerprint density at radius 2 is 1.96 bits per heavy atom. The lowest BCUT2D eigenvalue weighted by Gasteiger charge is -2.18. The van der Waals surface area contributed by atoms with Gasteiger partial charge in [0.2, 0.25) is 5.91 Å². The number of benzene rings is 1. The van der Waals surface area contributed by atoms with Gasteiger partial charge in [0.05, 0.1) is 0 Å². The number of hydrogen-bond acceptors (Lipinski definition) is 3. The van der Waals surface area contributed by atoms with Gasteiger partial charge < -0.3 is 14.6 Å². The lowest BCUT2D eigenvalue weighted by Crippen LogP contribution is -2.24. The smallest absolute Gasteiger partial charge is 0.244 e. The van der Waals surface area contributed by atoms with Gasteiger partial charge in [0.15, 0.2) is 0 Å². The van der Waals surface area contributed by atoms with E-state index in [4.69, 9.17) is 4.42 Å². The maximum Gasteiger partial charge on any atom is 0.244 e. The lowest BCUT2D eigenvalue weighted by atomic mass is 10.2. The lowest BCUT2D eigenvalue weighted by molar-refractivity contribution is -0.116. The Balaban J connectivity index is 1.60. The van der Waals surface area contributed by atoms with E-state index in [0.717, 1.165) is 25.1 Å². The van der Waals surface area contributed by atoms with Crippen LogP contribution < -0.4 is 10.2 Å². The number of anilines is 1. The second-order valence-electron chi connectivity index (χ2n) is 5.54.